The Bertz CT molecular complexity index is 426. The quantitative estimate of drug-likeness (QED) is 0.632. The second-order valence-corrected chi connectivity index (χ2v) is 5.61. The van der Waals surface area contributed by atoms with Crippen molar-refractivity contribution < 1.29 is 14.6 Å². The van der Waals surface area contributed by atoms with Crippen molar-refractivity contribution in [3.63, 3.8) is 0 Å². The van der Waals surface area contributed by atoms with Gasteiger partial charge in [-0.2, -0.15) is 0 Å². The van der Waals surface area contributed by atoms with Gasteiger partial charge in [0.2, 0.25) is 0 Å². The molecule has 6 nitrogen and oxygen atoms in total. The summed E-state index contributed by atoms with van der Waals surface area (Å²) in [6.07, 6.45) is -0.586. The van der Waals surface area contributed by atoms with Crippen molar-refractivity contribution >= 4 is 11.7 Å². The summed E-state index contributed by atoms with van der Waals surface area (Å²) in [5, 5.41) is 15.4. The van der Waals surface area contributed by atoms with Crippen LogP contribution >= 0.6 is 0 Å². The van der Waals surface area contributed by atoms with E-state index in [9.17, 15) is 9.90 Å². The summed E-state index contributed by atoms with van der Waals surface area (Å²) < 4.78 is 5.46. The van der Waals surface area contributed by atoms with Crippen LogP contribution in [0.1, 0.15) is 20.8 Å². The Morgan fingerprint density at radius 3 is 2.45 bits per heavy atom. The van der Waals surface area contributed by atoms with Crippen LogP contribution in [0.5, 0.6) is 5.75 Å². The van der Waals surface area contributed by atoms with Gasteiger partial charge < -0.3 is 26.2 Å². The lowest BCUT2D eigenvalue weighted by Crippen LogP contribution is -2.42. The van der Waals surface area contributed by atoms with Crippen molar-refractivity contribution in [3.05, 3.63) is 24.3 Å². The summed E-state index contributed by atoms with van der Waals surface area (Å²) in [7, 11) is 0. The fourth-order valence-electron chi connectivity index (χ4n) is 1.45. The standard InChI is InChI=1S/C14H23N3O3/c1-14(2,3)16-8-11(18)9-20-12-6-4-10(5-7-12)17-13(15)19/h4-7,11,16,18H,8-9H2,1-3H3,(H3,15,17,19)/t11-/m0/s1. The summed E-state index contributed by atoms with van der Waals surface area (Å²) in [6, 6.07) is 6.16. The number of nitrogens with one attached hydrogen (secondary N) is 2. The lowest BCUT2D eigenvalue weighted by Gasteiger charge is -2.23. The average Bonchev–Trinajstić information content (AvgIpc) is 2.34. The molecule has 0 heterocycles. The van der Waals surface area contributed by atoms with Gasteiger partial charge >= 0.3 is 6.03 Å². The van der Waals surface area contributed by atoms with Gasteiger partial charge in [0.1, 0.15) is 18.5 Å². The van der Waals surface area contributed by atoms with Crippen molar-refractivity contribution in [1.29, 1.82) is 0 Å². The second kappa shape index (κ2) is 7.12. The van der Waals surface area contributed by atoms with E-state index in [0.29, 0.717) is 18.0 Å². The number of primary amides is 1. The molecular formula is C14H23N3O3. The summed E-state index contributed by atoms with van der Waals surface area (Å²) in [5.74, 6) is 0.620. The zero-order chi connectivity index (χ0) is 15.2. The van der Waals surface area contributed by atoms with E-state index in [1.54, 1.807) is 24.3 Å². The van der Waals surface area contributed by atoms with Crippen molar-refractivity contribution in [3.8, 4) is 5.75 Å². The highest BCUT2D eigenvalue weighted by Crippen LogP contribution is 2.15. The molecule has 1 atom stereocenters. The van der Waals surface area contributed by atoms with E-state index in [1.165, 1.54) is 0 Å². The molecule has 6 heteroatoms. The van der Waals surface area contributed by atoms with E-state index in [2.05, 4.69) is 10.6 Å². The molecule has 20 heavy (non-hydrogen) atoms. The molecule has 5 N–H and O–H groups in total. The Labute approximate surface area is 119 Å². The van der Waals surface area contributed by atoms with Crippen LogP contribution in [0.4, 0.5) is 10.5 Å². The third kappa shape index (κ3) is 6.96. The zero-order valence-corrected chi connectivity index (χ0v) is 12.1. The number of aliphatic hydroxyl groups is 1. The monoisotopic (exact) mass is 281 g/mol. The molecule has 0 aliphatic heterocycles. The highest BCUT2D eigenvalue weighted by atomic mass is 16.5. The normalized spacial score (nSPS) is 12.8. The second-order valence-electron chi connectivity index (χ2n) is 5.61. The van der Waals surface area contributed by atoms with Crippen LogP contribution in [0.3, 0.4) is 0 Å². The van der Waals surface area contributed by atoms with Gasteiger partial charge in [-0.1, -0.05) is 0 Å². The molecule has 112 valence electrons. The number of ether oxygens (including phenoxy) is 1. The van der Waals surface area contributed by atoms with Gasteiger partial charge in [0, 0.05) is 17.8 Å². The molecule has 0 radical (unpaired) electrons. The molecule has 0 bridgehead atoms. The number of carbonyl (C=O) groups is 1. The van der Waals surface area contributed by atoms with Crippen molar-refractivity contribution in [1.82, 2.24) is 5.32 Å². The van der Waals surface area contributed by atoms with Crippen LogP contribution < -0.4 is 21.1 Å². The molecule has 0 saturated carbocycles. The average molecular weight is 281 g/mol. The van der Waals surface area contributed by atoms with Crippen molar-refractivity contribution in [2.24, 2.45) is 5.73 Å². The predicted octanol–water partition coefficient (Wildman–Crippen LogP) is 1.30. The Morgan fingerprint density at radius 1 is 1.35 bits per heavy atom. The lowest BCUT2D eigenvalue weighted by molar-refractivity contribution is 0.100. The molecule has 1 aromatic carbocycles. The van der Waals surface area contributed by atoms with Crippen LogP contribution in [0, 0.1) is 0 Å². The molecular weight excluding hydrogens is 258 g/mol. The third-order valence-corrected chi connectivity index (χ3v) is 2.43. The van der Waals surface area contributed by atoms with Gasteiger partial charge in [0.15, 0.2) is 0 Å². The number of rotatable bonds is 6. The minimum atomic E-state index is -0.609. The fourth-order valence-corrected chi connectivity index (χ4v) is 1.45. The van der Waals surface area contributed by atoms with Crippen LogP contribution in [-0.2, 0) is 0 Å². The first-order chi connectivity index (χ1) is 9.26. The molecule has 1 aromatic rings. The van der Waals surface area contributed by atoms with Crippen LogP contribution in [0.25, 0.3) is 0 Å². The Hall–Kier alpha value is -1.79. The van der Waals surface area contributed by atoms with E-state index < -0.39 is 12.1 Å². The van der Waals surface area contributed by atoms with Crippen LogP contribution in [-0.4, -0.2) is 35.9 Å². The van der Waals surface area contributed by atoms with Gasteiger partial charge in [0.25, 0.3) is 0 Å². The topological polar surface area (TPSA) is 96.6 Å². The summed E-state index contributed by atoms with van der Waals surface area (Å²) >= 11 is 0. The number of hydrogen-bond acceptors (Lipinski definition) is 4. The van der Waals surface area contributed by atoms with E-state index >= 15 is 0 Å². The minimum absolute atomic E-state index is 0.0386. The number of hydrogen-bond donors (Lipinski definition) is 4. The molecule has 0 aliphatic rings. The number of benzene rings is 1. The van der Waals surface area contributed by atoms with E-state index in [1.807, 2.05) is 20.8 Å². The number of β-amino-alcohol motifs (C(OH)–C–C–N with tert-alkyl or cyclic N) is 1. The molecule has 0 aromatic heterocycles. The van der Waals surface area contributed by atoms with Gasteiger partial charge in [-0.15, -0.1) is 0 Å². The third-order valence-electron chi connectivity index (χ3n) is 2.43. The van der Waals surface area contributed by atoms with Crippen molar-refractivity contribution in [2.45, 2.75) is 32.4 Å². The predicted molar refractivity (Wildman–Crippen MR) is 78.9 cm³/mol. The number of amides is 2. The van der Waals surface area contributed by atoms with E-state index in [0.717, 1.165) is 0 Å². The summed E-state index contributed by atoms with van der Waals surface area (Å²) in [6.45, 7) is 6.76. The van der Waals surface area contributed by atoms with Crippen molar-refractivity contribution in [2.75, 3.05) is 18.5 Å². The smallest absolute Gasteiger partial charge is 0.316 e. The van der Waals surface area contributed by atoms with E-state index in [4.69, 9.17) is 10.5 Å². The Morgan fingerprint density at radius 2 is 1.95 bits per heavy atom. The molecule has 0 unspecified atom stereocenters. The number of nitrogens with two attached hydrogens (primary N) is 1. The van der Waals surface area contributed by atoms with Gasteiger partial charge in [-0.05, 0) is 45.0 Å². The van der Waals surface area contributed by atoms with E-state index in [-0.39, 0.29) is 12.1 Å². The van der Waals surface area contributed by atoms with Gasteiger partial charge in [0.05, 0.1) is 0 Å². The maximum absolute atomic E-state index is 10.7. The minimum Gasteiger partial charge on any atom is -0.491 e. The maximum Gasteiger partial charge on any atom is 0.316 e. The SMILES string of the molecule is CC(C)(C)NC[C@H](O)COc1ccc(NC(N)=O)cc1. The Kier molecular flexibility index (Phi) is 5.79. The maximum atomic E-state index is 10.7. The number of aliphatic hydroxyl groups excluding tert-OH is 1. The fraction of sp³-hybridized carbons (Fsp3) is 0.500. The molecule has 1 rings (SSSR count). The number of carbonyl (C=O) groups excluding carboxylic acids is 1. The molecule has 2 amide bonds. The molecule has 0 saturated heterocycles. The summed E-state index contributed by atoms with van der Waals surface area (Å²) in [4.78, 5) is 10.7. The lowest BCUT2D eigenvalue weighted by atomic mass is 10.1. The highest BCUT2D eigenvalue weighted by molar-refractivity contribution is 5.87. The molecule has 0 fully saturated rings. The first-order valence-electron chi connectivity index (χ1n) is 6.49. The Balaban J connectivity index is 2.36. The van der Waals surface area contributed by atoms with Crippen LogP contribution in [0.15, 0.2) is 24.3 Å². The van der Waals surface area contributed by atoms with Crippen LogP contribution in [0.2, 0.25) is 0 Å². The highest BCUT2D eigenvalue weighted by Gasteiger charge is 2.12. The number of anilines is 1. The first kappa shape index (κ1) is 16.3. The van der Waals surface area contributed by atoms with Gasteiger partial charge in [-0.25, -0.2) is 4.79 Å². The largest absolute Gasteiger partial charge is 0.491 e. The number of urea groups is 1. The zero-order valence-electron chi connectivity index (χ0n) is 12.1. The van der Waals surface area contributed by atoms with Gasteiger partial charge in [-0.3, -0.25) is 0 Å². The molecule has 0 aliphatic carbocycles. The molecule has 0 spiro atoms. The first-order valence-corrected chi connectivity index (χ1v) is 6.49. The summed E-state index contributed by atoms with van der Waals surface area (Å²) in [5.41, 5.74) is 5.57.